The average molecular weight is 451 g/mol. The number of benzene rings is 1. The highest BCUT2D eigenvalue weighted by Crippen LogP contribution is 2.43. The van der Waals surface area contributed by atoms with Crippen molar-refractivity contribution >= 4 is 67.5 Å². The Morgan fingerprint density at radius 2 is 1.82 bits per heavy atom. The van der Waals surface area contributed by atoms with Gasteiger partial charge in [-0.05, 0) is 37.3 Å². The molecule has 1 fully saturated rings. The van der Waals surface area contributed by atoms with Gasteiger partial charge in [-0.1, -0.05) is 48.2 Å². The normalized spacial score (nSPS) is 20.9. The van der Waals surface area contributed by atoms with E-state index in [1.807, 2.05) is 36.4 Å². The molecule has 1 aromatic rings. The first-order valence-corrected chi connectivity index (χ1v) is 12.2. The lowest BCUT2D eigenvalue weighted by Gasteiger charge is -2.36. The van der Waals surface area contributed by atoms with Gasteiger partial charge >= 0.3 is 0 Å². The molecule has 5 nitrogen and oxygen atoms in total. The predicted molar refractivity (Wildman–Crippen MR) is 127 cm³/mol. The van der Waals surface area contributed by atoms with Crippen LogP contribution in [0.3, 0.4) is 0 Å². The summed E-state index contributed by atoms with van der Waals surface area (Å²) in [5.41, 5.74) is 0.757. The van der Waals surface area contributed by atoms with E-state index in [4.69, 9.17) is 24.4 Å². The molecule has 0 bridgehead atoms. The molecular weight excluding hydrogens is 429 g/mol. The lowest BCUT2D eigenvalue weighted by molar-refractivity contribution is 0.108. The average Bonchev–Trinajstić information content (AvgIpc) is 3.16. The lowest BCUT2D eigenvalue weighted by Crippen LogP contribution is -2.52. The van der Waals surface area contributed by atoms with E-state index in [2.05, 4.69) is 25.0 Å². The van der Waals surface area contributed by atoms with Crippen LogP contribution in [0.1, 0.15) is 23.2 Å². The standard InChI is InChI=1S/C19H22N4OS4/c1-2-10-22-17(25)20-11-6-12-21-18(26)23(28(22)19(20)21)13-7-14-27-16(24)15-8-4-3-5-9-15/h2-5,8-9H,1,6-7,10-14H2. The zero-order valence-corrected chi connectivity index (χ0v) is 18.7. The quantitative estimate of drug-likeness (QED) is 0.354. The number of hydrogen-bond acceptors (Lipinski definition) is 4. The van der Waals surface area contributed by atoms with E-state index in [9.17, 15) is 4.79 Å². The first kappa shape index (κ1) is 19.9. The molecule has 0 N–H and O–H groups in total. The molecule has 0 radical (unpaired) electrons. The third-order valence-electron chi connectivity index (χ3n) is 4.74. The molecule has 28 heavy (non-hydrogen) atoms. The maximum absolute atomic E-state index is 12.3. The smallest absolute Gasteiger partial charge is 0.219 e. The Labute approximate surface area is 183 Å². The summed E-state index contributed by atoms with van der Waals surface area (Å²) in [6.07, 6.45) is 3.84. The highest BCUT2D eigenvalue weighted by atomic mass is 32.2. The summed E-state index contributed by atoms with van der Waals surface area (Å²) in [5, 5.41) is 3.12. The van der Waals surface area contributed by atoms with Gasteiger partial charge in [0.1, 0.15) is 0 Å². The van der Waals surface area contributed by atoms with Gasteiger partial charge in [-0.2, -0.15) is 0 Å². The molecule has 3 heterocycles. The monoisotopic (exact) mass is 450 g/mol. The number of carbonyl (C=O) groups is 1. The van der Waals surface area contributed by atoms with Crippen molar-refractivity contribution in [1.82, 2.24) is 18.4 Å². The van der Waals surface area contributed by atoms with Crippen molar-refractivity contribution in [3.05, 3.63) is 48.6 Å². The van der Waals surface area contributed by atoms with Crippen molar-refractivity contribution in [3.63, 3.8) is 0 Å². The Hall–Kier alpha value is -1.42. The fourth-order valence-electron chi connectivity index (χ4n) is 3.49. The van der Waals surface area contributed by atoms with E-state index in [1.165, 1.54) is 16.9 Å². The third-order valence-corrected chi connectivity index (χ3v) is 9.12. The molecule has 0 aromatic heterocycles. The molecule has 3 aliphatic rings. The molecule has 3 aliphatic heterocycles. The Morgan fingerprint density at radius 1 is 1.14 bits per heavy atom. The molecule has 1 saturated heterocycles. The molecule has 0 amide bonds. The molecule has 1 aromatic carbocycles. The largest absolute Gasteiger partial charge is 0.296 e. The molecule has 9 heteroatoms. The summed E-state index contributed by atoms with van der Waals surface area (Å²) in [7, 11) is -0.275. The van der Waals surface area contributed by atoms with E-state index in [0.29, 0.717) is 0 Å². The minimum Gasteiger partial charge on any atom is -0.296 e. The Kier molecular flexibility index (Phi) is 6.05. The van der Waals surface area contributed by atoms with Gasteiger partial charge in [0, 0.05) is 31.0 Å². The van der Waals surface area contributed by atoms with Crippen molar-refractivity contribution in [2.75, 3.05) is 31.9 Å². The highest BCUT2D eigenvalue weighted by Gasteiger charge is 2.48. The molecule has 1 unspecified atom stereocenters. The van der Waals surface area contributed by atoms with Gasteiger partial charge in [0.05, 0.1) is 17.4 Å². The van der Waals surface area contributed by atoms with Crippen LogP contribution < -0.4 is 0 Å². The van der Waals surface area contributed by atoms with Gasteiger partial charge in [-0.3, -0.25) is 23.2 Å². The number of carbonyl (C=O) groups excluding carboxylic acids is 1. The van der Waals surface area contributed by atoms with Crippen LogP contribution in [0.4, 0.5) is 0 Å². The fraction of sp³-hybridized carbons (Fsp3) is 0.368. The summed E-state index contributed by atoms with van der Waals surface area (Å²) in [4.78, 5) is 16.8. The van der Waals surface area contributed by atoms with Crippen molar-refractivity contribution in [1.29, 1.82) is 0 Å². The van der Waals surface area contributed by atoms with Crippen LogP contribution in [-0.2, 0) is 0 Å². The lowest BCUT2D eigenvalue weighted by atomic mass is 10.2. The van der Waals surface area contributed by atoms with E-state index < -0.39 is 0 Å². The molecule has 1 atom stereocenters. The number of rotatable bonds is 7. The highest BCUT2D eigenvalue weighted by molar-refractivity contribution is 8.15. The predicted octanol–water partition coefficient (Wildman–Crippen LogP) is 3.53. The van der Waals surface area contributed by atoms with Crippen LogP contribution in [-0.4, -0.2) is 70.8 Å². The second-order valence-electron chi connectivity index (χ2n) is 6.58. The maximum Gasteiger partial charge on any atom is 0.219 e. The fourth-order valence-corrected chi connectivity index (χ4v) is 7.73. The topological polar surface area (TPSA) is 30.0 Å². The Bertz CT molecular complexity index is 857. The van der Waals surface area contributed by atoms with E-state index in [0.717, 1.165) is 60.6 Å². The molecule has 0 spiro atoms. The first-order chi connectivity index (χ1) is 13.6. The third kappa shape index (κ3) is 3.49. The van der Waals surface area contributed by atoms with Crippen molar-refractivity contribution in [2.45, 2.75) is 12.8 Å². The molecule has 0 aliphatic carbocycles. The zero-order valence-electron chi connectivity index (χ0n) is 15.5. The molecular formula is C19H22N4OS4. The van der Waals surface area contributed by atoms with Crippen LogP contribution >= 0.6 is 47.1 Å². The van der Waals surface area contributed by atoms with E-state index in [1.54, 1.807) is 0 Å². The summed E-state index contributed by atoms with van der Waals surface area (Å²) in [5.74, 6) is 0.773. The minimum atomic E-state index is -0.275. The van der Waals surface area contributed by atoms with Crippen LogP contribution in [0.15, 0.2) is 43.0 Å². The van der Waals surface area contributed by atoms with Crippen molar-refractivity contribution in [2.24, 2.45) is 0 Å². The molecule has 4 rings (SSSR count). The number of thiocarbonyl (C=S) groups is 2. The summed E-state index contributed by atoms with van der Waals surface area (Å²) in [6.45, 7) is 7.35. The van der Waals surface area contributed by atoms with Crippen LogP contribution in [0.2, 0.25) is 0 Å². The minimum absolute atomic E-state index is 0.125. The van der Waals surface area contributed by atoms with Crippen molar-refractivity contribution in [3.8, 4) is 0 Å². The van der Waals surface area contributed by atoms with Crippen LogP contribution in [0.25, 0.3) is 0 Å². The molecule has 148 valence electrons. The Balaban J connectivity index is 1.42. The van der Waals surface area contributed by atoms with Crippen LogP contribution in [0.5, 0.6) is 0 Å². The van der Waals surface area contributed by atoms with E-state index in [-0.39, 0.29) is 16.0 Å². The van der Waals surface area contributed by atoms with Gasteiger partial charge in [0.2, 0.25) is 5.12 Å². The second kappa shape index (κ2) is 8.52. The van der Waals surface area contributed by atoms with Crippen LogP contribution in [0, 0.1) is 0 Å². The number of nitrogens with zero attached hydrogens (tertiary/aromatic N) is 4. The summed E-state index contributed by atoms with van der Waals surface area (Å²) >= 11 is 12.9. The number of thioether (sulfide) groups is 1. The second-order valence-corrected chi connectivity index (χ2v) is 10.1. The van der Waals surface area contributed by atoms with Gasteiger partial charge in [0.25, 0.3) is 0 Å². The number of hydrogen-bond donors (Lipinski definition) is 0. The van der Waals surface area contributed by atoms with Gasteiger partial charge in [0.15, 0.2) is 15.3 Å². The van der Waals surface area contributed by atoms with E-state index >= 15 is 0 Å². The first-order valence-electron chi connectivity index (χ1n) is 9.26. The summed E-state index contributed by atoms with van der Waals surface area (Å²) < 4.78 is 4.52. The Morgan fingerprint density at radius 3 is 2.50 bits per heavy atom. The molecule has 0 saturated carbocycles. The van der Waals surface area contributed by atoms with Gasteiger partial charge < -0.3 is 0 Å². The SMILES string of the molecule is C=CCN1C(=S)N2CCCN3C(=S)N(CCCSC(=O)c4ccccc4)S1=C23. The van der Waals surface area contributed by atoms with Gasteiger partial charge in [-0.15, -0.1) is 6.58 Å². The maximum atomic E-state index is 12.3. The van der Waals surface area contributed by atoms with Crippen molar-refractivity contribution < 1.29 is 4.79 Å². The zero-order chi connectivity index (χ0) is 19.7. The summed E-state index contributed by atoms with van der Waals surface area (Å²) in [6, 6.07) is 9.44. The van der Waals surface area contributed by atoms with Gasteiger partial charge in [-0.25, -0.2) is 0 Å².